The number of unbranched alkanes of at least 4 members (excludes halogenated alkanes) is 1. The van der Waals surface area contributed by atoms with Crippen LogP contribution in [0, 0.1) is 5.92 Å². The topological polar surface area (TPSA) is 15.3 Å². The first-order valence-electron chi connectivity index (χ1n) is 8.18. The molecule has 1 aliphatic heterocycles. The zero-order valence-electron chi connectivity index (χ0n) is 12.9. The van der Waals surface area contributed by atoms with Crippen LogP contribution >= 0.6 is 0 Å². The summed E-state index contributed by atoms with van der Waals surface area (Å²) in [6, 6.07) is 0.783. The van der Waals surface area contributed by atoms with Crippen molar-refractivity contribution in [1.29, 1.82) is 0 Å². The van der Waals surface area contributed by atoms with Gasteiger partial charge in [0.2, 0.25) is 0 Å². The molecule has 0 bridgehead atoms. The Balaban J connectivity index is 2.04. The molecule has 1 N–H and O–H groups in total. The highest BCUT2D eigenvalue weighted by atomic mass is 15.1. The van der Waals surface area contributed by atoms with Crippen LogP contribution in [0.4, 0.5) is 0 Å². The number of rotatable bonds is 8. The molecule has 0 aromatic carbocycles. The standard InChI is InChI=1S/C16H34N2/c1-4-12-18-13-7-9-16(10-14-18)17-11-6-5-8-15(2)3/h15-17H,4-14H2,1-3H3. The minimum Gasteiger partial charge on any atom is -0.314 e. The van der Waals surface area contributed by atoms with Gasteiger partial charge < -0.3 is 10.2 Å². The lowest BCUT2D eigenvalue weighted by Crippen LogP contribution is -2.31. The Hall–Kier alpha value is -0.0800. The molecule has 18 heavy (non-hydrogen) atoms. The van der Waals surface area contributed by atoms with Gasteiger partial charge in [-0.25, -0.2) is 0 Å². The summed E-state index contributed by atoms with van der Waals surface area (Å²) < 4.78 is 0. The largest absolute Gasteiger partial charge is 0.314 e. The molecule has 1 unspecified atom stereocenters. The lowest BCUT2D eigenvalue weighted by atomic mass is 10.1. The third-order valence-electron chi connectivity index (χ3n) is 4.00. The van der Waals surface area contributed by atoms with E-state index in [0.29, 0.717) is 0 Å². The molecular formula is C16H34N2. The maximum Gasteiger partial charge on any atom is 0.00797 e. The molecule has 0 aromatic rings. The van der Waals surface area contributed by atoms with Crippen molar-refractivity contribution in [2.24, 2.45) is 5.92 Å². The average Bonchev–Trinajstić information content (AvgIpc) is 2.55. The van der Waals surface area contributed by atoms with Crippen molar-refractivity contribution in [2.75, 3.05) is 26.2 Å². The highest BCUT2D eigenvalue weighted by Crippen LogP contribution is 2.12. The van der Waals surface area contributed by atoms with E-state index in [9.17, 15) is 0 Å². The predicted octanol–water partition coefficient (Wildman–Crippen LogP) is 3.67. The van der Waals surface area contributed by atoms with Crippen LogP contribution in [0.1, 0.15) is 65.7 Å². The van der Waals surface area contributed by atoms with Crippen LogP contribution < -0.4 is 5.32 Å². The number of hydrogen-bond donors (Lipinski definition) is 1. The van der Waals surface area contributed by atoms with Gasteiger partial charge in [-0.2, -0.15) is 0 Å². The summed E-state index contributed by atoms with van der Waals surface area (Å²) in [5.74, 6) is 0.866. The fourth-order valence-electron chi connectivity index (χ4n) is 2.88. The van der Waals surface area contributed by atoms with Gasteiger partial charge in [0.25, 0.3) is 0 Å². The number of hydrogen-bond acceptors (Lipinski definition) is 2. The van der Waals surface area contributed by atoms with E-state index in [1.165, 1.54) is 71.1 Å². The SMILES string of the molecule is CCCN1CCCC(NCCCCC(C)C)CC1. The predicted molar refractivity (Wildman–Crippen MR) is 81.1 cm³/mol. The summed E-state index contributed by atoms with van der Waals surface area (Å²) in [5.41, 5.74) is 0. The van der Waals surface area contributed by atoms with Gasteiger partial charge in [0.05, 0.1) is 0 Å². The number of likely N-dealkylation sites (tertiary alicyclic amines) is 1. The molecular weight excluding hydrogens is 220 g/mol. The van der Waals surface area contributed by atoms with E-state index in [1.807, 2.05) is 0 Å². The molecule has 0 aromatic heterocycles. The molecule has 0 aliphatic carbocycles. The first-order chi connectivity index (χ1) is 8.72. The van der Waals surface area contributed by atoms with Crippen molar-refractivity contribution in [3.05, 3.63) is 0 Å². The molecule has 0 saturated carbocycles. The second-order valence-electron chi connectivity index (χ2n) is 6.31. The minimum absolute atomic E-state index is 0.783. The van der Waals surface area contributed by atoms with Crippen LogP contribution in [-0.4, -0.2) is 37.1 Å². The lowest BCUT2D eigenvalue weighted by molar-refractivity contribution is 0.282. The van der Waals surface area contributed by atoms with E-state index in [0.717, 1.165) is 12.0 Å². The summed E-state index contributed by atoms with van der Waals surface area (Å²) in [6.45, 7) is 12.1. The Bertz CT molecular complexity index is 192. The van der Waals surface area contributed by atoms with Crippen LogP contribution in [0.3, 0.4) is 0 Å². The van der Waals surface area contributed by atoms with Crippen LogP contribution in [-0.2, 0) is 0 Å². The molecule has 108 valence electrons. The molecule has 0 radical (unpaired) electrons. The molecule has 1 saturated heterocycles. The number of nitrogens with zero attached hydrogens (tertiary/aromatic N) is 1. The third kappa shape index (κ3) is 7.38. The summed E-state index contributed by atoms with van der Waals surface area (Å²) in [4.78, 5) is 2.64. The van der Waals surface area contributed by atoms with Crippen molar-refractivity contribution in [2.45, 2.75) is 71.8 Å². The smallest absolute Gasteiger partial charge is 0.00797 e. The summed E-state index contributed by atoms with van der Waals surface area (Å²) >= 11 is 0. The minimum atomic E-state index is 0.783. The van der Waals surface area contributed by atoms with Gasteiger partial charge in [0.15, 0.2) is 0 Å². The lowest BCUT2D eigenvalue weighted by Gasteiger charge is -2.19. The fraction of sp³-hybridized carbons (Fsp3) is 1.00. The summed E-state index contributed by atoms with van der Waals surface area (Å²) in [5, 5.41) is 3.77. The van der Waals surface area contributed by atoms with Crippen molar-refractivity contribution < 1.29 is 0 Å². The van der Waals surface area contributed by atoms with Crippen molar-refractivity contribution in [3.8, 4) is 0 Å². The van der Waals surface area contributed by atoms with E-state index in [-0.39, 0.29) is 0 Å². The van der Waals surface area contributed by atoms with Gasteiger partial charge in [0, 0.05) is 6.04 Å². The van der Waals surface area contributed by atoms with Gasteiger partial charge in [0.1, 0.15) is 0 Å². The van der Waals surface area contributed by atoms with E-state index in [4.69, 9.17) is 0 Å². The first-order valence-corrected chi connectivity index (χ1v) is 8.18. The maximum absolute atomic E-state index is 3.77. The molecule has 1 rings (SSSR count). The Morgan fingerprint density at radius 3 is 2.72 bits per heavy atom. The summed E-state index contributed by atoms with van der Waals surface area (Å²) in [7, 11) is 0. The Morgan fingerprint density at radius 2 is 2.00 bits per heavy atom. The molecule has 0 spiro atoms. The molecule has 2 heteroatoms. The first kappa shape index (κ1) is 16.0. The Labute approximate surface area is 115 Å². The van der Waals surface area contributed by atoms with E-state index >= 15 is 0 Å². The van der Waals surface area contributed by atoms with Gasteiger partial charge >= 0.3 is 0 Å². The van der Waals surface area contributed by atoms with Crippen LogP contribution in [0.15, 0.2) is 0 Å². The zero-order chi connectivity index (χ0) is 13.2. The zero-order valence-corrected chi connectivity index (χ0v) is 12.9. The molecule has 1 aliphatic rings. The van der Waals surface area contributed by atoms with Crippen LogP contribution in [0.5, 0.6) is 0 Å². The van der Waals surface area contributed by atoms with Gasteiger partial charge in [-0.3, -0.25) is 0 Å². The number of nitrogens with one attached hydrogen (secondary N) is 1. The van der Waals surface area contributed by atoms with Crippen LogP contribution in [0.25, 0.3) is 0 Å². The quantitative estimate of drug-likeness (QED) is 0.665. The van der Waals surface area contributed by atoms with Gasteiger partial charge in [-0.05, 0) is 64.2 Å². The van der Waals surface area contributed by atoms with E-state index in [1.54, 1.807) is 0 Å². The molecule has 1 heterocycles. The van der Waals surface area contributed by atoms with Gasteiger partial charge in [-0.15, -0.1) is 0 Å². The Kier molecular flexibility index (Phi) is 8.70. The van der Waals surface area contributed by atoms with Gasteiger partial charge in [-0.1, -0.05) is 33.6 Å². The van der Waals surface area contributed by atoms with E-state index in [2.05, 4.69) is 31.0 Å². The van der Waals surface area contributed by atoms with Crippen molar-refractivity contribution in [1.82, 2.24) is 10.2 Å². The maximum atomic E-state index is 3.77. The Morgan fingerprint density at radius 1 is 1.17 bits per heavy atom. The normalized spacial score (nSPS) is 22.3. The second-order valence-corrected chi connectivity index (χ2v) is 6.31. The molecule has 0 amide bonds. The fourth-order valence-corrected chi connectivity index (χ4v) is 2.88. The van der Waals surface area contributed by atoms with Crippen molar-refractivity contribution in [3.63, 3.8) is 0 Å². The van der Waals surface area contributed by atoms with Crippen molar-refractivity contribution >= 4 is 0 Å². The molecule has 1 fully saturated rings. The van der Waals surface area contributed by atoms with Crippen LogP contribution in [0.2, 0.25) is 0 Å². The highest BCUT2D eigenvalue weighted by Gasteiger charge is 2.15. The molecule has 1 atom stereocenters. The highest BCUT2D eigenvalue weighted by molar-refractivity contribution is 4.74. The van der Waals surface area contributed by atoms with E-state index < -0.39 is 0 Å². The average molecular weight is 254 g/mol. The monoisotopic (exact) mass is 254 g/mol. The molecule has 2 nitrogen and oxygen atoms in total. The third-order valence-corrected chi connectivity index (χ3v) is 4.00. The second kappa shape index (κ2) is 9.80. The summed E-state index contributed by atoms with van der Waals surface area (Å²) in [6.07, 6.45) is 9.54.